The van der Waals surface area contributed by atoms with E-state index in [9.17, 15) is 4.79 Å². The van der Waals surface area contributed by atoms with Crippen molar-refractivity contribution < 1.29 is 18.7 Å². The summed E-state index contributed by atoms with van der Waals surface area (Å²) in [5, 5.41) is 8.35. The smallest absolute Gasteiger partial charge is 0.231 e. The predicted octanol–water partition coefficient (Wildman–Crippen LogP) is 2.81. The van der Waals surface area contributed by atoms with E-state index in [0.717, 1.165) is 28.8 Å². The Kier molecular flexibility index (Phi) is 3.89. The molecule has 0 unspecified atom stereocenters. The normalized spacial score (nSPS) is 16.6. The van der Waals surface area contributed by atoms with Gasteiger partial charge in [-0.2, -0.15) is 0 Å². The lowest BCUT2D eigenvalue weighted by molar-refractivity contribution is -0.119. The molecule has 1 amide bonds. The molecule has 4 aromatic rings. The molecule has 8 heteroatoms. The van der Waals surface area contributed by atoms with Crippen molar-refractivity contribution in [3.05, 3.63) is 42.6 Å². The second kappa shape index (κ2) is 6.56. The molecule has 142 valence electrons. The fraction of sp³-hybridized carbons (Fsp3) is 0.250. The van der Waals surface area contributed by atoms with Crippen molar-refractivity contribution in [2.45, 2.75) is 18.9 Å². The molecular formula is C20H18N4O4. The lowest BCUT2D eigenvalue weighted by Crippen LogP contribution is -2.31. The lowest BCUT2D eigenvalue weighted by atomic mass is 10.2. The first kappa shape index (κ1) is 16.6. The molecule has 0 bridgehead atoms. The first-order valence-electron chi connectivity index (χ1n) is 9.04. The van der Waals surface area contributed by atoms with E-state index in [1.54, 1.807) is 23.9 Å². The predicted molar refractivity (Wildman–Crippen MR) is 101 cm³/mol. The molecular weight excluding hydrogens is 360 g/mol. The van der Waals surface area contributed by atoms with Gasteiger partial charge in [0.15, 0.2) is 11.4 Å². The minimum atomic E-state index is 0.0256. The number of ether oxygens (including phenoxy) is 2. The Morgan fingerprint density at radius 1 is 1.29 bits per heavy atom. The first-order chi connectivity index (χ1) is 13.7. The van der Waals surface area contributed by atoms with Gasteiger partial charge in [0, 0.05) is 17.9 Å². The van der Waals surface area contributed by atoms with Crippen LogP contribution in [-0.2, 0) is 4.79 Å². The summed E-state index contributed by atoms with van der Waals surface area (Å²) in [7, 11) is 1.63. The van der Waals surface area contributed by atoms with E-state index in [0.29, 0.717) is 30.3 Å². The number of aromatic nitrogens is 3. The summed E-state index contributed by atoms with van der Waals surface area (Å²) in [4.78, 5) is 15.7. The van der Waals surface area contributed by atoms with Crippen LogP contribution in [0.5, 0.6) is 11.6 Å². The molecule has 0 spiro atoms. The first-order valence-corrected chi connectivity index (χ1v) is 9.04. The van der Waals surface area contributed by atoms with Crippen molar-refractivity contribution >= 4 is 22.5 Å². The number of imidazole rings is 1. The number of carbonyl (C=O) groups is 1. The summed E-state index contributed by atoms with van der Waals surface area (Å²) in [6.07, 6.45) is 3.04. The van der Waals surface area contributed by atoms with Crippen LogP contribution < -0.4 is 14.8 Å². The Morgan fingerprint density at radius 2 is 2.21 bits per heavy atom. The van der Waals surface area contributed by atoms with E-state index in [-0.39, 0.29) is 11.9 Å². The monoisotopic (exact) mass is 378 g/mol. The average Bonchev–Trinajstić information content (AvgIpc) is 3.42. The van der Waals surface area contributed by atoms with Crippen molar-refractivity contribution in [3.8, 4) is 23.1 Å². The van der Waals surface area contributed by atoms with Crippen LogP contribution in [0.3, 0.4) is 0 Å². The van der Waals surface area contributed by atoms with Gasteiger partial charge < -0.3 is 19.2 Å². The molecule has 5 rings (SSSR count). The van der Waals surface area contributed by atoms with Gasteiger partial charge in [-0.15, -0.1) is 5.10 Å². The number of nitrogens with zero attached hydrogens (tertiary/aromatic N) is 3. The van der Waals surface area contributed by atoms with Crippen molar-refractivity contribution in [2.24, 2.45) is 0 Å². The summed E-state index contributed by atoms with van der Waals surface area (Å²) >= 11 is 0. The van der Waals surface area contributed by atoms with E-state index in [1.807, 2.05) is 30.3 Å². The van der Waals surface area contributed by atoms with Crippen molar-refractivity contribution in [1.82, 2.24) is 19.9 Å². The molecule has 8 nitrogen and oxygen atoms in total. The number of methoxy groups -OCH3 is 1. The van der Waals surface area contributed by atoms with E-state index in [1.165, 1.54) is 0 Å². The maximum absolute atomic E-state index is 11.3. The standard InChI is InChI=1S/C20H18N4O4/c1-26-14-3-4-16-12(8-14)9-17(28-16)15-10-21-18-5-7-20(23-24(15)18)27-11-13-2-6-19(25)22-13/h3-5,7-10,13H,2,6,11H2,1H3,(H,22,25)/t13-/m0/s1. The zero-order valence-electron chi connectivity index (χ0n) is 15.2. The second-order valence-corrected chi connectivity index (χ2v) is 6.71. The Bertz CT molecular complexity index is 1180. The molecule has 0 radical (unpaired) electrons. The molecule has 1 aliphatic heterocycles. The minimum absolute atomic E-state index is 0.0256. The van der Waals surface area contributed by atoms with Gasteiger partial charge in [0.1, 0.15) is 23.6 Å². The summed E-state index contributed by atoms with van der Waals surface area (Å²) in [5.41, 5.74) is 2.18. The third-order valence-corrected chi connectivity index (χ3v) is 4.83. The lowest BCUT2D eigenvalue weighted by Gasteiger charge is -2.11. The quantitative estimate of drug-likeness (QED) is 0.574. The maximum Gasteiger partial charge on any atom is 0.231 e. The molecule has 1 aliphatic rings. The van der Waals surface area contributed by atoms with Crippen molar-refractivity contribution in [2.75, 3.05) is 13.7 Å². The molecule has 4 heterocycles. The van der Waals surface area contributed by atoms with Gasteiger partial charge in [-0.05, 0) is 36.8 Å². The van der Waals surface area contributed by atoms with Gasteiger partial charge in [-0.1, -0.05) is 0 Å². The molecule has 1 N–H and O–H groups in total. The van der Waals surface area contributed by atoms with Gasteiger partial charge in [-0.3, -0.25) is 4.79 Å². The highest BCUT2D eigenvalue weighted by Crippen LogP contribution is 2.30. The number of furan rings is 1. The average molecular weight is 378 g/mol. The van der Waals surface area contributed by atoms with E-state index < -0.39 is 0 Å². The summed E-state index contributed by atoms with van der Waals surface area (Å²) < 4.78 is 18.7. The Labute approximate surface area is 160 Å². The molecule has 1 saturated heterocycles. The van der Waals surface area contributed by atoms with E-state index in [2.05, 4.69) is 15.4 Å². The SMILES string of the molecule is COc1ccc2oc(-c3cnc4ccc(OC[C@@H]5CCC(=O)N5)nn34)cc2c1. The Hall–Kier alpha value is -3.55. The second-order valence-electron chi connectivity index (χ2n) is 6.71. The molecule has 0 aliphatic carbocycles. The highest BCUT2D eigenvalue weighted by Gasteiger charge is 2.21. The van der Waals surface area contributed by atoms with Gasteiger partial charge >= 0.3 is 0 Å². The van der Waals surface area contributed by atoms with Crippen LogP contribution in [0.15, 0.2) is 47.0 Å². The zero-order chi connectivity index (χ0) is 19.1. The number of hydrogen-bond acceptors (Lipinski definition) is 6. The number of amides is 1. The largest absolute Gasteiger partial charge is 0.497 e. The summed E-state index contributed by atoms with van der Waals surface area (Å²) in [6.45, 7) is 0.388. The number of carbonyl (C=O) groups excluding carboxylic acids is 1. The molecule has 1 fully saturated rings. The van der Waals surface area contributed by atoms with Crippen LogP contribution in [0, 0.1) is 0 Å². The number of nitrogens with one attached hydrogen (secondary N) is 1. The van der Waals surface area contributed by atoms with Crippen LogP contribution in [0.4, 0.5) is 0 Å². The van der Waals surface area contributed by atoms with Crippen molar-refractivity contribution in [3.63, 3.8) is 0 Å². The number of hydrogen-bond donors (Lipinski definition) is 1. The Balaban J connectivity index is 1.45. The third kappa shape index (κ3) is 2.92. The minimum Gasteiger partial charge on any atom is -0.497 e. The van der Waals surface area contributed by atoms with Gasteiger partial charge in [0.25, 0.3) is 0 Å². The van der Waals surface area contributed by atoms with Crippen molar-refractivity contribution in [1.29, 1.82) is 0 Å². The highest BCUT2D eigenvalue weighted by molar-refractivity contribution is 5.83. The van der Waals surface area contributed by atoms with Crippen LogP contribution in [-0.4, -0.2) is 40.3 Å². The van der Waals surface area contributed by atoms with Crippen LogP contribution in [0.1, 0.15) is 12.8 Å². The summed E-state index contributed by atoms with van der Waals surface area (Å²) in [5.74, 6) is 1.95. The highest BCUT2D eigenvalue weighted by atomic mass is 16.5. The van der Waals surface area contributed by atoms with E-state index in [4.69, 9.17) is 13.9 Å². The molecule has 1 aromatic carbocycles. The Morgan fingerprint density at radius 3 is 3.04 bits per heavy atom. The zero-order valence-corrected chi connectivity index (χ0v) is 15.2. The maximum atomic E-state index is 11.3. The molecule has 28 heavy (non-hydrogen) atoms. The van der Waals surface area contributed by atoms with Gasteiger partial charge in [-0.25, -0.2) is 9.50 Å². The van der Waals surface area contributed by atoms with Crippen LogP contribution >= 0.6 is 0 Å². The number of benzene rings is 1. The number of fused-ring (bicyclic) bond motifs is 2. The fourth-order valence-corrected chi connectivity index (χ4v) is 3.36. The van der Waals surface area contributed by atoms with Crippen LogP contribution in [0.2, 0.25) is 0 Å². The topological polar surface area (TPSA) is 90.9 Å². The number of rotatable bonds is 5. The summed E-state index contributed by atoms with van der Waals surface area (Å²) in [6, 6.07) is 11.2. The van der Waals surface area contributed by atoms with Crippen LogP contribution in [0.25, 0.3) is 28.1 Å². The molecule has 3 aromatic heterocycles. The third-order valence-electron chi connectivity index (χ3n) is 4.83. The van der Waals surface area contributed by atoms with Gasteiger partial charge in [0.05, 0.1) is 19.3 Å². The molecule has 0 saturated carbocycles. The van der Waals surface area contributed by atoms with Gasteiger partial charge in [0.2, 0.25) is 11.8 Å². The van der Waals surface area contributed by atoms with E-state index >= 15 is 0 Å². The molecule has 1 atom stereocenters. The fourth-order valence-electron chi connectivity index (χ4n) is 3.36.